The van der Waals surface area contributed by atoms with Gasteiger partial charge in [-0.1, -0.05) is 36.4 Å². The summed E-state index contributed by atoms with van der Waals surface area (Å²) < 4.78 is 28.2. The Morgan fingerprint density at radius 3 is 2.03 bits per heavy atom. The molecule has 3 aromatic rings. The third-order valence-corrected chi connectivity index (χ3v) is 7.78. The van der Waals surface area contributed by atoms with Crippen LogP contribution in [0.3, 0.4) is 0 Å². The predicted molar refractivity (Wildman–Crippen MR) is 129 cm³/mol. The van der Waals surface area contributed by atoms with Gasteiger partial charge in [0, 0.05) is 50.7 Å². The highest BCUT2D eigenvalue weighted by molar-refractivity contribution is 7.89. The van der Waals surface area contributed by atoms with E-state index in [1.54, 1.807) is 12.1 Å². The number of hydrogen-bond donors (Lipinski definition) is 0. The molecule has 2 heterocycles. The van der Waals surface area contributed by atoms with Gasteiger partial charge >= 0.3 is 0 Å². The van der Waals surface area contributed by atoms with Crippen molar-refractivity contribution in [3.8, 4) is 11.1 Å². The molecule has 1 aliphatic rings. The summed E-state index contributed by atoms with van der Waals surface area (Å²) in [6.45, 7) is 0.730. The van der Waals surface area contributed by atoms with Crippen molar-refractivity contribution in [1.82, 2.24) is 8.87 Å². The third-order valence-electron chi connectivity index (χ3n) is 5.90. The van der Waals surface area contributed by atoms with E-state index in [4.69, 9.17) is 0 Å². The molecular formula is C25H27N3O4S. The minimum Gasteiger partial charge on any atom is -0.378 e. The zero-order valence-electron chi connectivity index (χ0n) is 18.8. The number of pyridine rings is 1. The highest BCUT2D eigenvalue weighted by Gasteiger charge is 2.27. The van der Waals surface area contributed by atoms with Crippen molar-refractivity contribution in [2.24, 2.45) is 0 Å². The molecule has 1 saturated heterocycles. The first-order valence-electron chi connectivity index (χ1n) is 10.9. The summed E-state index contributed by atoms with van der Waals surface area (Å²) in [5.41, 5.74) is 3.16. The maximum atomic E-state index is 12.8. The molecule has 1 fully saturated rings. The second-order valence-corrected chi connectivity index (χ2v) is 10.3. The molecule has 33 heavy (non-hydrogen) atoms. The second kappa shape index (κ2) is 9.33. The maximum Gasteiger partial charge on any atom is 0.251 e. The number of carbonyl (C=O) groups excluding carboxylic acids is 1. The van der Waals surface area contributed by atoms with E-state index >= 15 is 0 Å². The van der Waals surface area contributed by atoms with Crippen molar-refractivity contribution < 1.29 is 13.2 Å². The summed E-state index contributed by atoms with van der Waals surface area (Å²) in [5.74, 6) is -0.262. The Morgan fingerprint density at radius 1 is 0.879 bits per heavy atom. The molecule has 0 bridgehead atoms. The lowest BCUT2D eigenvalue weighted by molar-refractivity contribution is 0.0970. The summed E-state index contributed by atoms with van der Waals surface area (Å²) in [6, 6.07) is 17.8. The number of nitrogens with zero attached hydrogens (tertiary/aromatic N) is 3. The van der Waals surface area contributed by atoms with Crippen molar-refractivity contribution in [3.05, 3.63) is 82.8 Å². The Morgan fingerprint density at radius 2 is 1.45 bits per heavy atom. The average Bonchev–Trinajstić information content (AvgIpc) is 3.36. The van der Waals surface area contributed by atoms with Gasteiger partial charge in [-0.2, -0.15) is 4.31 Å². The quantitative estimate of drug-likeness (QED) is 0.501. The number of ketones is 1. The first kappa shape index (κ1) is 22.9. The summed E-state index contributed by atoms with van der Waals surface area (Å²) in [4.78, 5) is 27.2. The largest absolute Gasteiger partial charge is 0.378 e. The molecular weight excluding hydrogens is 438 g/mol. The first-order chi connectivity index (χ1) is 15.8. The van der Waals surface area contributed by atoms with Gasteiger partial charge in [-0.25, -0.2) is 8.42 Å². The zero-order valence-corrected chi connectivity index (χ0v) is 19.6. The first-order valence-corrected chi connectivity index (χ1v) is 12.3. The van der Waals surface area contributed by atoms with E-state index in [9.17, 15) is 18.0 Å². The molecule has 8 heteroatoms. The van der Waals surface area contributed by atoms with Gasteiger partial charge in [-0.3, -0.25) is 9.59 Å². The fourth-order valence-electron chi connectivity index (χ4n) is 3.91. The van der Waals surface area contributed by atoms with Crippen LogP contribution in [0, 0.1) is 0 Å². The Labute approximate surface area is 193 Å². The SMILES string of the molecule is CN(C)c1ccc(-c2ccc(C(=O)Cn3cc(S(=O)(=O)N4CCCC4)ccc3=O)cc2)cc1. The van der Waals surface area contributed by atoms with Crippen LogP contribution in [0.4, 0.5) is 5.69 Å². The highest BCUT2D eigenvalue weighted by Crippen LogP contribution is 2.23. The normalized spacial score (nSPS) is 14.4. The predicted octanol–water partition coefficient (Wildman–Crippen LogP) is 3.25. The van der Waals surface area contributed by atoms with Gasteiger partial charge in [0.25, 0.3) is 5.56 Å². The molecule has 0 radical (unpaired) electrons. The van der Waals surface area contributed by atoms with Gasteiger partial charge < -0.3 is 9.47 Å². The van der Waals surface area contributed by atoms with Gasteiger partial charge in [0.2, 0.25) is 10.0 Å². The molecule has 2 aromatic carbocycles. The average molecular weight is 466 g/mol. The Balaban J connectivity index is 1.52. The second-order valence-electron chi connectivity index (χ2n) is 8.38. The number of aromatic nitrogens is 1. The Kier molecular flexibility index (Phi) is 6.49. The number of rotatable bonds is 7. The van der Waals surface area contributed by atoms with Crippen molar-refractivity contribution in [2.45, 2.75) is 24.3 Å². The lowest BCUT2D eigenvalue weighted by atomic mass is 10.0. The summed E-state index contributed by atoms with van der Waals surface area (Å²) in [7, 11) is 0.305. The van der Waals surface area contributed by atoms with E-state index in [1.807, 2.05) is 55.4 Å². The number of Topliss-reactive ketones (excluding diaryl/α,β-unsaturated/α-hetero) is 1. The molecule has 0 aliphatic carbocycles. The lowest BCUT2D eigenvalue weighted by Gasteiger charge is -2.16. The fourth-order valence-corrected chi connectivity index (χ4v) is 5.45. The molecule has 0 amide bonds. The lowest BCUT2D eigenvalue weighted by Crippen LogP contribution is -2.30. The summed E-state index contributed by atoms with van der Waals surface area (Å²) in [5, 5.41) is 0. The number of anilines is 1. The minimum absolute atomic E-state index is 0.0355. The standard InChI is InChI=1S/C25H27N3O4S/c1-26(2)22-11-9-20(10-12-22)19-5-7-21(8-6-19)24(29)18-27-17-23(13-14-25(27)30)33(31,32)28-15-3-4-16-28/h5-14,17H,3-4,15-16,18H2,1-2H3. The van der Waals surface area contributed by atoms with Crippen LogP contribution < -0.4 is 10.5 Å². The van der Waals surface area contributed by atoms with Gasteiger partial charge in [0.15, 0.2) is 5.78 Å². The van der Waals surface area contributed by atoms with Crippen LogP contribution in [-0.4, -0.2) is 50.3 Å². The van der Waals surface area contributed by atoms with E-state index < -0.39 is 15.6 Å². The van der Waals surface area contributed by atoms with Gasteiger partial charge in [0.05, 0.1) is 11.4 Å². The smallest absolute Gasteiger partial charge is 0.251 e. The van der Waals surface area contributed by atoms with E-state index in [0.29, 0.717) is 18.7 Å². The molecule has 0 atom stereocenters. The van der Waals surface area contributed by atoms with Crippen molar-refractivity contribution in [2.75, 3.05) is 32.1 Å². The fraction of sp³-hybridized carbons (Fsp3) is 0.280. The maximum absolute atomic E-state index is 12.8. The van der Waals surface area contributed by atoms with Crippen LogP contribution in [0.15, 0.2) is 76.6 Å². The summed E-state index contributed by atoms with van der Waals surface area (Å²) >= 11 is 0. The van der Waals surface area contributed by atoms with Crippen LogP contribution in [0.2, 0.25) is 0 Å². The zero-order chi connectivity index (χ0) is 23.6. The number of benzene rings is 2. The minimum atomic E-state index is -3.66. The van der Waals surface area contributed by atoms with E-state index in [2.05, 4.69) is 0 Å². The highest BCUT2D eigenvalue weighted by atomic mass is 32.2. The molecule has 4 rings (SSSR count). The molecule has 0 N–H and O–H groups in total. The van der Waals surface area contributed by atoms with Crippen molar-refractivity contribution in [1.29, 1.82) is 0 Å². The third kappa shape index (κ3) is 4.91. The molecule has 0 spiro atoms. The van der Waals surface area contributed by atoms with E-state index in [1.165, 1.54) is 27.2 Å². The van der Waals surface area contributed by atoms with Crippen LogP contribution >= 0.6 is 0 Å². The number of hydrogen-bond acceptors (Lipinski definition) is 5. The molecule has 172 valence electrons. The van der Waals surface area contributed by atoms with E-state index in [-0.39, 0.29) is 17.2 Å². The van der Waals surface area contributed by atoms with E-state index in [0.717, 1.165) is 29.7 Å². The Bertz CT molecular complexity index is 1310. The monoisotopic (exact) mass is 465 g/mol. The van der Waals surface area contributed by atoms with Crippen LogP contribution in [-0.2, 0) is 16.6 Å². The molecule has 7 nitrogen and oxygen atoms in total. The van der Waals surface area contributed by atoms with Crippen LogP contribution in [0.1, 0.15) is 23.2 Å². The van der Waals surface area contributed by atoms with Crippen LogP contribution in [0.25, 0.3) is 11.1 Å². The summed E-state index contributed by atoms with van der Waals surface area (Å²) in [6.07, 6.45) is 2.93. The number of carbonyl (C=O) groups is 1. The van der Waals surface area contributed by atoms with Crippen LogP contribution in [0.5, 0.6) is 0 Å². The van der Waals surface area contributed by atoms with Gasteiger partial charge in [-0.05, 0) is 42.2 Å². The van der Waals surface area contributed by atoms with Crippen molar-refractivity contribution in [3.63, 3.8) is 0 Å². The number of sulfonamides is 1. The van der Waals surface area contributed by atoms with Crippen molar-refractivity contribution >= 4 is 21.5 Å². The molecule has 1 aromatic heterocycles. The Hall–Kier alpha value is -3.23. The van der Waals surface area contributed by atoms with Gasteiger partial charge in [-0.15, -0.1) is 0 Å². The molecule has 1 aliphatic heterocycles. The molecule has 0 saturated carbocycles. The molecule has 0 unspecified atom stereocenters. The van der Waals surface area contributed by atoms with Gasteiger partial charge in [0.1, 0.15) is 0 Å². The topological polar surface area (TPSA) is 79.7 Å².